The molecule has 0 saturated heterocycles. The lowest BCUT2D eigenvalue weighted by atomic mass is 10.00. The molecule has 0 radical (unpaired) electrons. The van der Waals surface area contributed by atoms with Crippen LogP contribution in [0, 0.1) is 0 Å². The van der Waals surface area contributed by atoms with Crippen LogP contribution >= 0.6 is 0 Å². The maximum Gasteiger partial charge on any atom is 0.164 e. The molecule has 306 valence electrons. The van der Waals surface area contributed by atoms with Crippen LogP contribution in [0.5, 0.6) is 0 Å². The van der Waals surface area contributed by atoms with Gasteiger partial charge in [0.25, 0.3) is 0 Å². The molecule has 3 aromatic heterocycles. The Morgan fingerprint density at radius 2 is 0.850 bits per heavy atom. The van der Waals surface area contributed by atoms with Crippen LogP contribution in [-0.4, -0.2) is 61.7 Å². The second-order valence-corrected chi connectivity index (χ2v) is 20.0. The molecule has 2 aliphatic rings. The molecule has 0 saturated carbocycles. The third kappa shape index (κ3) is 7.24. The Morgan fingerprint density at radius 3 is 1.30 bits per heavy atom. The first kappa shape index (κ1) is 38.9. The average Bonchev–Trinajstić information content (AvgIpc) is 3.85. The van der Waals surface area contributed by atoms with Crippen molar-refractivity contribution in [3.05, 3.63) is 78.9 Å². The number of aromatic amines is 1. The zero-order valence-corrected chi connectivity index (χ0v) is 36.6. The number of nitrogens with zero attached hydrogens (tertiary/aromatic N) is 7. The van der Waals surface area contributed by atoms with Gasteiger partial charge in [0, 0.05) is 60.6 Å². The normalized spacial score (nSPS) is 13.0. The van der Waals surface area contributed by atoms with E-state index >= 15 is 0 Å². The van der Waals surface area contributed by atoms with Crippen LogP contribution in [0.3, 0.4) is 0 Å². The van der Waals surface area contributed by atoms with Crippen molar-refractivity contribution in [3.63, 3.8) is 0 Å². The molecule has 12 heteroatoms. The number of rotatable bonds is 4. The predicted octanol–water partition coefficient (Wildman–Crippen LogP) is 11.3. The minimum absolute atomic E-state index is 0.255. The van der Waals surface area contributed by atoms with Gasteiger partial charge in [-0.05, 0) is 89.2 Å². The lowest BCUT2D eigenvalue weighted by Crippen LogP contribution is -2.34. The van der Waals surface area contributed by atoms with Crippen molar-refractivity contribution in [2.24, 2.45) is 0 Å². The van der Waals surface area contributed by atoms with Gasteiger partial charge in [-0.1, -0.05) is 72.8 Å². The molecule has 2 aliphatic heterocycles. The molecule has 9 rings (SSSR count). The number of hydrogen-bond acceptors (Lipinski definition) is 10. The Kier molecular flexibility index (Phi) is 8.75. The molecule has 5 N–H and O–H groups in total. The lowest BCUT2D eigenvalue weighted by Gasteiger charge is -2.33. The number of anilines is 3. The highest BCUT2D eigenvalue weighted by atomic mass is 15.5. The fraction of sp³-hybridized carbons (Fsp3) is 0.333. The van der Waals surface area contributed by atoms with E-state index in [1.54, 1.807) is 0 Å². The van der Waals surface area contributed by atoms with Crippen molar-refractivity contribution < 1.29 is 0 Å². The molecule has 0 amide bonds. The van der Waals surface area contributed by atoms with Crippen molar-refractivity contribution in [1.29, 1.82) is 0 Å². The van der Waals surface area contributed by atoms with E-state index in [-0.39, 0.29) is 22.2 Å². The third-order valence-electron chi connectivity index (χ3n) is 9.95. The van der Waals surface area contributed by atoms with Crippen molar-refractivity contribution >= 4 is 61.2 Å². The smallest absolute Gasteiger partial charge is 0.164 e. The second-order valence-electron chi connectivity index (χ2n) is 20.0. The molecule has 0 atom stereocenters. The number of aromatic nitrogens is 8. The van der Waals surface area contributed by atoms with E-state index < -0.39 is 0 Å². The molecule has 4 aromatic carbocycles. The number of hydrogen-bond donors (Lipinski definition) is 5. The van der Waals surface area contributed by atoms with Crippen LogP contribution in [0.1, 0.15) is 83.1 Å². The van der Waals surface area contributed by atoms with E-state index in [4.69, 9.17) is 29.9 Å². The van der Waals surface area contributed by atoms with Gasteiger partial charge in [0.15, 0.2) is 34.6 Å². The minimum Gasteiger partial charge on any atom is -0.379 e. The first-order chi connectivity index (χ1) is 28.2. The van der Waals surface area contributed by atoms with Gasteiger partial charge in [-0.3, -0.25) is 0 Å². The van der Waals surface area contributed by atoms with E-state index in [2.05, 4.69) is 152 Å². The summed E-state index contributed by atoms with van der Waals surface area (Å²) < 4.78 is 1.99. The zero-order chi connectivity index (χ0) is 42.5. The molecule has 0 spiro atoms. The Hall–Kier alpha value is -6.56. The van der Waals surface area contributed by atoms with Crippen molar-refractivity contribution in [1.82, 2.24) is 39.6 Å². The average molecular weight is 799 g/mol. The second kappa shape index (κ2) is 13.5. The van der Waals surface area contributed by atoms with E-state index in [1.807, 2.05) is 41.1 Å². The molecule has 12 nitrogen and oxygen atoms in total. The monoisotopic (exact) mass is 798 g/mol. The number of H-pyrrole nitrogens is 1. The predicted molar refractivity (Wildman–Crippen MR) is 249 cm³/mol. The van der Waals surface area contributed by atoms with E-state index in [0.29, 0.717) is 45.9 Å². The largest absolute Gasteiger partial charge is 0.379 e. The summed E-state index contributed by atoms with van der Waals surface area (Å²) in [5.74, 6) is 2.22. The molecule has 0 fully saturated rings. The van der Waals surface area contributed by atoms with Crippen LogP contribution in [0.15, 0.2) is 78.9 Å². The molecule has 60 heavy (non-hydrogen) atoms. The number of benzene rings is 4. The maximum atomic E-state index is 5.43. The van der Waals surface area contributed by atoms with Crippen molar-refractivity contribution in [3.8, 4) is 45.6 Å². The quantitative estimate of drug-likeness (QED) is 0.117. The standard InChI is InChI=1S/C48H54N12/c1-45(2,3)56-33-25-32-34(36(58-47(7,8)9)35(33)57-46(4,5)6)42-52-38-27-20-14-16-22-29(27)40(50-38)55-44-31-24-18-17-23-30(31)43(60(44)59-48(10,11)12)54-39-28-21-15-13-19-26(28)37(49-39)51-41(32)53-42/h13-25,56-59H,1-12H3,(H,49,50,51,52,53,54,55). The summed E-state index contributed by atoms with van der Waals surface area (Å²) in [7, 11) is 0. The number of fused-ring (bicyclic) bond motifs is 20. The fourth-order valence-corrected chi connectivity index (χ4v) is 7.85. The summed E-state index contributed by atoms with van der Waals surface area (Å²) in [6.07, 6.45) is 0. The van der Waals surface area contributed by atoms with Crippen molar-refractivity contribution in [2.45, 2.75) is 105 Å². The van der Waals surface area contributed by atoms with Crippen LogP contribution in [0.2, 0.25) is 0 Å². The molecular formula is C48H54N12. The summed E-state index contributed by atoms with van der Waals surface area (Å²) in [6, 6.07) is 26.7. The SMILES string of the molecule is CC(C)(C)Nc1cc2c3nc4nc(nc5c6ccccc6c(nc6nc(nc([nH]3)c2c(NC(C)(C)C)c1NC(C)(C)C)-c1ccccc1-6)n5NC(C)(C)C)-c1ccccc1-4. The van der Waals surface area contributed by atoms with Gasteiger partial charge < -0.3 is 26.4 Å². The summed E-state index contributed by atoms with van der Waals surface area (Å²) in [5, 5.41) is 15.2. The Balaban J connectivity index is 1.53. The van der Waals surface area contributed by atoms with Gasteiger partial charge in [0.2, 0.25) is 0 Å². The molecule has 7 aromatic rings. The van der Waals surface area contributed by atoms with E-state index in [1.165, 1.54) is 0 Å². The van der Waals surface area contributed by atoms with Crippen LogP contribution in [0.4, 0.5) is 17.1 Å². The molecule has 0 aliphatic carbocycles. The van der Waals surface area contributed by atoms with Crippen LogP contribution in [-0.2, 0) is 0 Å². The summed E-state index contributed by atoms with van der Waals surface area (Å²) in [4.78, 5) is 35.7. The van der Waals surface area contributed by atoms with E-state index in [9.17, 15) is 0 Å². The van der Waals surface area contributed by atoms with Crippen molar-refractivity contribution in [2.75, 3.05) is 21.4 Å². The highest BCUT2D eigenvalue weighted by Gasteiger charge is 2.29. The molecule has 8 bridgehead atoms. The topological polar surface area (TPSA) is 146 Å². The fourth-order valence-electron chi connectivity index (χ4n) is 7.85. The van der Waals surface area contributed by atoms with Gasteiger partial charge in [-0.2, -0.15) is 0 Å². The Labute approximate surface area is 350 Å². The lowest BCUT2D eigenvalue weighted by molar-refractivity contribution is 0.565. The van der Waals surface area contributed by atoms with E-state index in [0.717, 1.165) is 60.9 Å². The van der Waals surface area contributed by atoms with Crippen LogP contribution < -0.4 is 21.4 Å². The highest BCUT2D eigenvalue weighted by Crippen LogP contribution is 2.46. The Morgan fingerprint density at radius 1 is 0.433 bits per heavy atom. The van der Waals surface area contributed by atoms with Gasteiger partial charge >= 0.3 is 0 Å². The molecule has 5 heterocycles. The van der Waals surface area contributed by atoms with Gasteiger partial charge in [-0.25, -0.2) is 34.6 Å². The van der Waals surface area contributed by atoms with Gasteiger partial charge in [-0.15, -0.1) is 0 Å². The Bertz CT molecular complexity index is 3040. The summed E-state index contributed by atoms with van der Waals surface area (Å²) in [5.41, 5.74) is 11.4. The third-order valence-corrected chi connectivity index (χ3v) is 9.95. The minimum atomic E-state index is -0.349. The summed E-state index contributed by atoms with van der Waals surface area (Å²) in [6.45, 7) is 25.9. The van der Waals surface area contributed by atoms with Gasteiger partial charge in [0.05, 0.1) is 22.4 Å². The number of nitrogens with one attached hydrogen (secondary N) is 5. The first-order valence-electron chi connectivity index (χ1n) is 20.7. The maximum absolute atomic E-state index is 5.43. The molecular weight excluding hydrogens is 745 g/mol. The molecule has 0 unspecified atom stereocenters. The zero-order valence-electron chi connectivity index (χ0n) is 36.6. The highest BCUT2D eigenvalue weighted by molar-refractivity contribution is 6.18. The van der Waals surface area contributed by atoms with Gasteiger partial charge in [0.1, 0.15) is 11.3 Å². The summed E-state index contributed by atoms with van der Waals surface area (Å²) >= 11 is 0. The first-order valence-corrected chi connectivity index (χ1v) is 20.7. The van der Waals surface area contributed by atoms with Crippen LogP contribution in [0.25, 0.3) is 89.7 Å².